The molecule has 1 rings (SSSR count). The van der Waals surface area contributed by atoms with Gasteiger partial charge in [-0.15, -0.1) is 0 Å². The second-order valence-electron chi connectivity index (χ2n) is 3.28. The van der Waals surface area contributed by atoms with Crippen molar-refractivity contribution in [3.05, 3.63) is 29.3 Å². The Bertz CT molecular complexity index is 363. The molecule has 0 saturated heterocycles. The maximum Gasteiger partial charge on any atom is 0.291 e. The van der Waals surface area contributed by atoms with Gasteiger partial charge in [0.25, 0.3) is 5.91 Å². The average molecular weight is 191 g/mol. The van der Waals surface area contributed by atoms with Gasteiger partial charge in [0.15, 0.2) is 0 Å². The first-order valence-corrected chi connectivity index (χ1v) is 4.40. The van der Waals surface area contributed by atoms with Crippen LogP contribution in [0.4, 0.5) is 5.69 Å². The van der Waals surface area contributed by atoms with E-state index < -0.39 is 11.7 Å². The van der Waals surface area contributed by atoms with Crippen LogP contribution in [0.5, 0.6) is 0 Å². The van der Waals surface area contributed by atoms with Gasteiger partial charge in [0.05, 0.1) is 0 Å². The van der Waals surface area contributed by atoms with Crippen LogP contribution >= 0.6 is 0 Å². The van der Waals surface area contributed by atoms with Crippen molar-refractivity contribution in [2.24, 2.45) is 0 Å². The van der Waals surface area contributed by atoms with Gasteiger partial charge in [0, 0.05) is 12.6 Å². The highest BCUT2D eigenvalue weighted by atomic mass is 16.2. The molecule has 0 radical (unpaired) electrons. The van der Waals surface area contributed by atoms with E-state index in [1.54, 1.807) is 0 Å². The van der Waals surface area contributed by atoms with Crippen LogP contribution in [0.25, 0.3) is 0 Å². The SMILES string of the molecule is CC(=O)C(=O)Nc1c(C)cccc1C. The molecule has 74 valence electrons. The largest absolute Gasteiger partial charge is 0.319 e. The summed E-state index contributed by atoms with van der Waals surface area (Å²) in [5, 5.41) is 2.59. The first-order valence-electron chi connectivity index (χ1n) is 4.40. The van der Waals surface area contributed by atoms with Crippen LogP contribution in [0.3, 0.4) is 0 Å². The highest BCUT2D eigenvalue weighted by Crippen LogP contribution is 2.18. The molecule has 0 atom stereocenters. The number of benzene rings is 1. The number of nitrogens with one attached hydrogen (secondary N) is 1. The number of hydrogen-bond donors (Lipinski definition) is 1. The fourth-order valence-corrected chi connectivity index (χ4v) is 1.21. The van der Waals surface area contributed by atoms with Crippen LogP contribution in [0.2, 0.25) is 0 Å². The summed E-state index contributed by atoms with van der Waals surface area (Å²) in [7, 11) is 0. The van der Waals surface area contributed by atoms with Gasteiger partial charge >= 0.3 is 0 Å². The van der Waals surface area contributed by atoms with E-state index in [4.69, 9.17) is 0 Å². The summed E-state index contributed by atoms with van der Waals surface area (Å²) in [6, 6.07) is 5.69. The first-order chi connectivity index (χ1) is 6.52. The van der Waals surface area contributed by atoms with Crippen LogP contribution in [0.1, 0.15) is 18.1 Å². The third kappa shape index (κ3) is 2.19. The lowest BCUT2D eigenvalue weighted by molar-refractivity contribution is -0.133. The van der Waals surface area contributed by atoms with Gasteiger partial charge in [-0.25, -0.2) is 0 Å². The summed E-state index contributed by atoms with van der Waals surface area (Å²) in [6.45, 7) is 5.04. The number of carbonyl (C=O) groups is 2. The summed E-state index contributed by atoms with van der Waals surface area (Å²) < 4.78 is 0. The molecule has 1 aromatic carbocycles. The molecule has 0 fully saturated rings. The van der Waals surface area contributed by atoms with Crippen molar-refractivity contribution in [1.82, 2.24) is 0 Å². The van der Waals surface area contributed by atoms with Crippen molar-refractivity contribution in [2.75, 3.05) is 5.32 Å². The maximum atomic E-state index is 11.2. The molecule has 0 bridgehead atoms. The number of ketones is 1. The van der Waals surface area contributed by atoms with Crippen LogP contribution in [0.15, 0.2) is 18.2 Å². The lowest BCUT2D eigenvalue weighted by Gasteiger charge is -2.09. The summed E-state index contributed by atoms with van der Waals surface area (Å²) in [6.07, 6.45) is 0. The van der Waals surface area contributed by atoms with E-state index in [9.17, 15) is 9.59 Å². The summed E-state index contributed by atoms with van der Waals surface area (Å²) in [5.41, 5.74) is 2.65. The number of para-hydroxylation sites is 1. The molecule has 0 spiro atoms. The number of rotatable bonds is 2. The van der Waals surface area contributed by atoms with Crippen molar-refractivity contribution in [1.29, 1.82) is 0 Å². The molecule has 0 aliphatic heterocycles. The van der Waals surface area contributed by atoms with Crippen molar-refractivity contribution in [3.63, 3.8) is 0 Å². The van der Waals surface area contributed by atoms with Gasteiger partial charge in [-0.3, -0.25) is 9.59 Å². The molecule has 0 heterocycles. The Morgan fingerprint density at radius 3 is 2.07 bits per heavy atom. The van der Waals surface area contributed by atoms with Crippen molar-refractivity contribution >= 4 is 17.4 Å². The Hall–Kier alpha value is -1.64. The number of amides is 1. The minimum absolute atomic E-state index is 0.479. The number of aryl methyl sites for hydroxylation is 2. The Balaban J connectivity index is 2.97. The van der Waals surface area contributed by atoms with Crippen molar-refractivity contribution in [3.8, 4) is 0 Å². The smallest absolute Gasteiger partial charge is 0.291 e. The summed E-state index contributed by atoms with van der Waals surface area (Å²) in [4.78, 5) is 21.9. The third-order valence-corrected chi connectivity index (χ3v) is 2.04. The van der Waals surface area contributed by atoms with Crippen molar-refractivity contribution < 1.29 is 9.59 Å². The molecule has 0 saturated carbocycles. The van der Waals surface area contributed by atoms with E-state index in [1.165, 1.54) is 6.92 Å². The molecule has 0 aliphatic carbocycles. The highest BCUT2D eigenvalue weighted by Gasteiger charge is 2.10. The lowest BCUT2D eigenvalue weighted by atomic mass is 10.1. The molecule has 1 aromatic rings. The molecule has 0 aromatic heterocycles. The van der Waals surface area contributed by atoms with Crippen molar-refractivity contribution in [2.45, 2.75) is 20.8 Å². The average Bonchev–Trinajstić information content (AvgIpc) is 2.11. The van der Waals surface area contributed by atoms with Gasteiger partial charge in [-0.05, 0) is 25.0 Å². The van der Waals surface area contributed by atoms with E-state index in [0.717, 1.165) is 16.8 Å². The summed E-state index contributed by atoms with van der Waals surface area (Å²) in [5.74, 6) is -1.05. The van der Waals surface area contributed by atoms with E-state index in [-0.39, 0.29) is 0 Å². The monoisotopic (exact) mass is 191 g/mol. The Labute approximate surface area is 83.1 Å². The van der Waals surface area contributed by atoms with Gasteiger partial charge in [0.1, 0.15) is 0 Å². The molecule has 3 heteroatoms. The molecular formula is C11H13NO2. The third-order valence-electron chi connectivity index (χ3n) is 2.04. The number of carbonyl (C=O) groups excluding carboxylic acids is 2. The zero-order valence-electron chi connectivity index (χ0n) is 8.55. The molecular weight excluding hydrogens is 178 g/mol. The Kier molecular flexibility index (Phi) is 3.02. The molecule has 1 N–H and O–H groups in total. The zero-order valence-corrected chi connectivity index (χ0v) is 8.55. The molecule has 0 aliphatic rings. The number of hydrogen-bond acceptors (Lipinski definition) is 2. The highest BCUT2D eigenvalue weighted by molar-refractivity contribution is 6.39. The van der Waals surface area contributed by atoms with Gasteiger partial charge in [-0.1, -0.05) is 18.2 Å². The number of Topliss-reactive ketones (excluding diaryl/α,β-unsaturated/α-hetero) is 1. The predicted molar refractivity (Wildman–Crippen MR) is 55.2 cm³/mol. The van der Waals surface area contributed by atoms with E-state index in [0.29, 0.717) is 0 Å². The zero-order chi connectivity index (χ0) is 10.7. The number of anilines is 1. The maximum absolute atomic E-state index is 11.2. The fraction of sp³-hybridized carbons (Fsp3) is 0.273. The normalized spacial score (nSPS) is 9.64. The van der Waals surface area contributed by atoms with Gasteiger partial charge in [0.2, 0.25) is 5.78 Å². The van der Waals surface area contributed by atoms with Gasteiger partial charge in [-0.2, -0.15) is 0 Å². The van der Waals surface area contributed by atoms with Gasteiger partial charge < -0.3 is 5.32 Å². The second kappa shape index (κ2) is 4.05. The Morgan fingerprint density at radius 1 is 1.14 bits per heavy atom. The standard InChI is InChI=1S/C11H13NO2/c1-7-5-4-6-8(2)10(7)12-11(14)9(3)13/h4-6H,1-3H3,(H,12,14). The Morgan fingerprint density at radius 2 is 1.64 bits per heavy atom. The molecule has 0 unspecified atom stereocenters. The van der Waals surface area contributed by atoms with Crippen LogP contribution in [-0.2, 0) is 9.59 Å². The fourth-order valence-electron chi connectivity index (χ4n) is 1.21. The lowest BCUT2D eigenvalue weighted by Crippen LogP contribution is -2.20. The predicted octanol–water partition coefficient (Wildman–Crippen LogP) is 1.83. The second-order valence-corrected chi connectivity index (χ2v) is 3.28. The first kappa shape index (κ1) is 10.4. The quantitative estimate of drug-likeness (QED) is 0.725. The minimum Gasteiger partial charge on any atom is -0.319 e. The topological polar surface area (TPSA) is 46.2 Å². The van der Waals surface area contributed by atoms with E-state index >= 15 is 0 Å². The van der Waals surface area contributed by atoms with E-state index in [2.05, 4.69) is 5.32 Å². The molecule has 3 nitrogen and oxygen atoms in total. The van der Waals surface area contributed by atoms with Crippen LogP contribution in [0, 0.1) is 13.8 Å². The minimum atomic E-state index is -0.567. The molecule has 1 amide bonds. The van der Waals surface area contributed by atoms with Crippen LogP contribution in [-0.4, -0.2) is 11.7 Å². The summed E-state index contributed by atoms with van der Waals surface area (Å²) >= 11 is 0. The van der Waals surface area contributed by atoms with E-state index in [1.807, 2.05) is 32.0 Å². The van der Waals surface area contributed by atoms with Crippen LogP contribution < -0.4 is 5.32 Å². The molecule has 14 heavy (non-hydrogen) atoms.